The van der Waals surface area contributed by atoms with Gasteiger partial charge in [0.2, 0.25) is 0 Å². The second-order valence-electron chi connectivity index (χ2n) is 0.473. The molecule has 0 aliphatic heterocycles. The van der Waals surface area contributed by atoms with Crippen LogP contribution in [-0.2, 0) is 4.57 Å². The van der Waals surface area contributed by atoms with Crippen LogP contribution in [0.2, 0.25) is 0 Å². The first-order valence-electron chi connectivity index (χ1n) is 0.752. The van der Waals surface area contributed by atoms with Gasteiger partial charge in [0.05, 0.1) is 0 Å². The minimum absolute atomic E-state index is 0. The van der Waals surface area contributed by atoms with Crippen molar-refractivity contribution in [2.75, 3.05) is 0 Å². The Bertz CT molecular complexity index is 61.1. The Morgan fingerprint density at radius 1 is 1.43 bits per heavy atom. The summed E-state index contributed by atoms with van der Waals surface area (Å²) in [4.78, 5) is 13.9. The second-order valence-corrected chi connectivity index (χ2v) is 1.42. The van der Waals surface area contributed by atoms with E-state index in [4.69, 9.17) is 14.4 Å². The Balaban J connectivity index is -0.0000000800. The molecule has 0 atom stereocenters. The van der Waals surface area contributed by atoms with Crippen molar-refractivity contribution in [3.63, 3.8) is 0 Å². The van der Waals surface area contributed by atoms with Crippen molar-refractivity contribution < 1.29 is 18.5 Å². The molecular formula is H6CaFMgO3P. The molecule has 0 unspecified atom stereocenters. The fraction of sp³-hybridized carbons (Fsp3) is 0. The van der Waals surface area contributed by atoms with Crippen molar-refractivity contribution in [1.82, 2.24) is 0 Å². The van der Waals surface area contributed by atoms with Crippen molar-refractivity contribution in [2.24, 2.45) is 0 Å². The fourth-order valence-electron chi connectivity index (χ4n) is 0. The number of hydrogen-bond acceptors (Lipinski definition) is 1. The van der Waals surface area contributed by atoms with Gasteiger partial charge in [-0.2, -0.15) is 0 Å². The zero-order valence-corrected chi connectivity index (χ0v) is 3.02. The van der Waals surface area contributed by atoms with E-state index >= 15 is 0 Å². The standard InChI is InChI=1S/Ca.FH2O3P.Mg.4H/c;1-5(2,3)4;;;;;/h;(H2,2,3,4);;;;;. The summed E-state index contributed by atoms with van der Waals surface area (Å²) >= 11 is 0. The van der Waals surface area contributed by atoms with E-state index in [9.17, 15) is 4.20 Å². The molecule has 7 heteroatoms. The van der Waals surface area contributed by atoms with Gasteiger partial charge in [-0.15, -0.1) is 4.20 Å². The topological polar surface area (TPSA) is 57.5 Å². The summed E-state index contributed by atoms with van der Waals surface area (Å²) in [6, 6.07) is 0. The molecule has 40 valence electrons. The van der Waals surface area contributed by atoms with Gasteiger partial charge < -0.3 is 0 Å². The van der Waals surface area contributed by atoms with Crippen LogP contribution >= 0.6 is 7.91 Å². The molecule has 0 saturated carbocycles. The fourth-order valence-corrected chi connectivity index (χ4v) is 0. The first kappa shape index (κ1) is 16.0. The van der Waals surface area contributed by atoms with Gasteiger partial charge in [-0.05, 0) is 0 Å². The van der Waals surface area contributed by atoms with E-state index in [0.29, 0.717) is 0 Å². The number of rotatable bonds is 0. The van der Waals surface area contributed by atoms with Crippen molar-refractivity contribution in [3.05, 3.63) is 0 Å². The number of halogens is 1. The summed E-state index contributed by atoms with van der Waals surface area (Å²) in [6.07, 6.45) is 0. The van der Waals surface area contributed by atoms with E-state index in [1.807, 2.05) is 0 Å². The van der Waals surface area contributed by atoms with Crippen LogP contribution in [0, 0.1) is 0 Å². The summed E-state index contributed by atoms with van der Waals surface area (Å²) in [5, 5.41) is 0. The maximum atomic E-state index is 10.4. The molecule has 0 aromatic rings. The van der Waals surface area contributed by atoms with Crippen LogP contribution < -0.4 is 0 Å². The molecule has 2 N–H and O–H groups in total. The third-order valence-electron chi connectivity index (χ3n) is 0. The van der Waals surface area contributed by atoms with Crippen molar-refractivity contribution in [1.29, 1.82) is 0 Å². The summed E-state index contributed by atoms with van der Waals surface area (Å²) in [5.74, 6) is 0. The molecule has 0 aliphatic carbocycles. The number of hydrogen-bond donors (Lipinski definition) is 2. The Kier molecular flexibility index (Phi) is 14.3. The van der Waals surface area contributed by atoms with Crippen LogP contribution in [-0.4, -0.2) is 70.6 Å². The summed E-state index contributed by atoms with van der Waals surface area (Å²) < 4.78 is 19.0. The molecule has 0 amide bonds. The molecule has 0 bridgehead atoms. The van der Waals surface area contributed by atoms with Crippen molar-refractivity contribution in [2.45, 2.75) is 0 Å². The minimum atomic E-state index is -5.14. The van der Waals surface area contributed by atoms with Crippen LogP contribution in [0.25, 0.3) is 0 Å². The quantitative estimate of drug-likeness (QED) is 0.332. The van der Waals surface area contributed by atoms with Gasteiger partial charge in [-0.1, -0.05) is 0 Å². The first-order valence-corrected chi connectivity index (χ1v) is 2.25. The second kappa shape index (κ2) is 6.23. The summed E-state index contributed by atoms with van der Waals surface area (Å²) in [5.41, 5.74) is 0. The van der Waals surface area contributed by atoms with Gasteiger partial charge in [-0.3, -0.25) is 9.79 Å². The SMILES string of the molecule is O=P(O)(O)F.[CaH2].[MgH2]. The molecule has 7 heavy (non-hydrogen) atoms. The van der Waals surface area contributed by atoms with Gasteiger partial charge in [0.25, 0.3) is 0 Å². The Morgan fingerprint density at radius 3 is 1.43 bits per heavy atom. The molecule has 3 nitrogen and oxygen atoms in total. The predicted octanol–water partition coefficient (Wildman–Crippen LogP) is -1.78. The molecule has 0 fully saturated rings. The summed E-state index contributed by atoms with van der Waals surface area (Å²) in [6.45, 7) is 0. The van der Waals surface area contributed by atoms with Gasteiger partial charge in [0.15, 0.2) is 0 Å². The molecule has 0 aliphatic rings. The molecule has 0 aromatic carbocycles. The van der Waals surface area contributed by atoms with Crippen LogP contribution in [0.3, 0.4) is 0 Å². The van der Waals surface area contributed by atoms with Crippen LogP contribution in [0.5, 0.6) is 0 Å². The molecule has 0 aromatic heterocycles. The van der Waals surface area contributed by atoms with Crippen LogP contribution in [0.4, 0.5) is 4.20 Å². The smallest absolute Gasteiger partial charge is 0.316 e. The molecule has 0 spiro atoms. The third-order valence-corrected chi connectivity index (χ3v) is 0. The van der Waals surface area contributed by atoms with Crippen molar-refractivity contribution in [3.8, 4) is 0 Å². The van der Waals surface area contributed by atoms with Gasteiger partial charge in [0.1, 0.15) is 0 Å². The van der Waals surface area contributed by atoms with Crippen LogP contribution in [0.15, 0.2) is 0 Å². The maximum absolute atomic E-state index is 10.4. The zero-order valence-electron chi connectivity index (χ0n) is 2.13. The largest absolute Gasteiger partial charge is 0.316 e. The Hall–Kier alpha value is 2.11. The van der Waals surface area contributed by atoms with Gasteiger partial charge >= 0.3 is 68.7 Å². The van der Waals surface area contributed by atoms with E-state index < -0.39 is 7.91 Å². The molecular weight excluding hydrogens is 162 g/mol. The van der Waals surface area contributed by atoms with Gasteiger partial charge in [-0.25, -0.2) is 4.57 Å². The monoisotopic (exact) mass is 168 g/mol. The van der Waals surface area contributed by atoms with E-state index in [0.717, 1.165) is 0 Å². The molecule has 0 saturated heterocycles. The van der Waals surface area contributed by atoms with E-state index in [-0.39, 0.29) is 60.8 Å². The minimum Gasteiger partial charge on any atom is 0.316 e. The Labute approximate surface area is 86.1 Å². The van der Waals surface area contributed by atoms with Crippen LogP contribution in [0.1, 0.15) is 0 Å². The Morgan fingerprint density at radius 2 is 1.43 bits per heavy atom. The summed E-state index contributed by atoms with van der Waals surface area (Å²) in [7, 11) is -5.14. The molecule has 0 radical (unpaired) electrons. The average Bonchev–Trinajstić information content (AvgIpc) is 0.722. The van der Waals surface area contributed by atoms with E-state index in [1.165, 1.54) is 0 Å². The average molecular weight is 168 g/mol. The first-order chi connectivity index (χ1) is 2.00. The molecule has 0 rings (SSSR count). The normalized spacial score (nSPS) is 8.43. The predicted molar refractivity (Wildman–Crippen MR) is 30.2 cm³/mol. The maximum Gasteiger partial charge on any atom is 0.316 e. The molecule has 0 heterocycles. The third kappa shape index (κ3) is 68.1. The zero-order chi connectivity index (χ0) is 4.50. The van der Waals surface area contributed by atoms with E-state index in [1.54, 1.807) is 0 Å². The van der Waals surface area contributed by atoms with E-state index in [2.05, 4.69) is 0 Å². The van der Waals surface area contributed by atoms with Gasteiger partial charge in [0, 0.05) is 0 Å². The van der Waals surface area contributed by atoms with Crippen molar-refractivity contribution >= 4 is 68.7 Å².